The molecule has 0 atom stereocenters. The molecule has 1 fully saturated rings. The van der Waals surface area contributed by atoms with E-state index in [1.807, 2.05) is 0 Å². The smallest absolute Gasteiger partial charge is 0.331 e. The van der Waals surface area contributed by atoms with Crippen molar-refractivity contribution in [2.75, 3.05) is 14.2 Å². The third-order valence-electron chi connectivity index (χ3n) is 4.18. The van der Waals surface area contributed by atoms with E-state index in [0.29, 0.717) is 22.6 Å². The zero-order valence-electron chi connectivity index (χ0n) is 15.2. The number of nitrogens with one attached hydrogen (secondary N) is 1. The van der Waals surface area contributed by atoms with E-state index in [2.05, 4.69) is 5.32 Å². The molecule has 0 bridgehead atoms. The van der Waals surface area contributed by atoms with Gasteiger partial charge < -0.3 is 9.47 Å². The molecule has 2 aromatic rings. The Bertz CT molecular complexity index is 969. The van der Waals surface area contributed by atoms with Gasteiger partial charge in [0.2, 0.25) is 0 Å². The highest BCUT2D eigenvalue weighted by molar-refractivity contribution is 6.31. The maximum atomic E-state index is 13.1. The van der Waals surface area contributed by atoms with Crippen LogP contribution in [0.2, 0.25) is 0 Å². The van der Waals surface area contributed by atoms with Gasteiger partial charge in [-0.1, -0.05) is 12.1 Å². The molecular weight excluding hydrogens is 367 g/mol. The summed E-state index contributed by atoms with van der Waals surface area (Å²) in [7, 11) is 2.94. The van der Waals surface area contributed by atoms with Crippen molar-refractivity contribution in [1.82, 2.24) is 10.2 Å². The number of methoxy groups -OCH3 is 2. The summed E-state index contributed by atoms with van der Waals surface area (Å²) in [5.74, 6) is -1.07. The van der Waals surface area contributed by atoms with Gasteiger partial charge in [-0.25, -0.2) is 9.18 Å². The lowest BCUT2D eigenvalue weighted by atomic mass is 10.1. The number of rotatable bonds is 5. The normalized spacial score (nSPS) is 15.6. The Morgan fingerprint density at radius 3 is 2.39 bits per heavy atom. The minimum atomic E-state index is -0.839. The Kier molecular flexibility index (Phi) is 5.39. The van der Waals surface area contributed by atoms with Gasteiger partial charge in [-0.2, -0.15) is 0 Å². The van der Waals surface area contributed by atoms with E-state index in [0.717, 1.165) is 4.90 Å². The highest BCUT2D eigenvalue weighted by atomic mass is 19.1. The fourth-order valence-corrected chi connectivity index (χ4v) is 2.72. The van der Waals surface area contributed by atoms with Crippen molar-refractivity contribution in [3.63, 3.8) is 0 Å². The Hall–Kier alpha value is -3.68. The van der Waals surface area contributed by atoms with Gasteiger partial charge in [0.1, 0.15) is 22.9 Å². The third-order valence-corrected chi connectivity index (χ3v) is 4.18. The van der Waals surface area contributed by atoms with Gasteiger partial charge in [-0.15, -0.1) is 0 Å². The molecule has 2 aromatic carbocycles. The molecule has 0 aromatic heterocycles. The first-order valence-electron chi connectivity index (χ1n) is 8.28. The van der Waals surface area contributed by atoms with Crippen LogP contribution in [0.15, 0.2) is 48.0 Å². The maximum absolute atomic E-state index is 13.1. The number of benzene rings is 2. The molecule has 7 nitrogen and oxygen atoms in total. The number of barbiturate groups is 1. The zero-order chi connectivity index (χ0) is 20.3. The van der Waals surface area contributed by atoms with Crippen molar-refractivity contribution in [3.05, 3.63) is 65.0 Å². The van der Waals surface area contributed by atoms with Crippen molar-refractivity contribution >= 4 is 23.9 Å². The molecule has 1 heterocycles. The maximum Gasteiger partial charge on any atom is 0.331 e. The van der Waals surface area contributed by atoms with Crippen LogP contribution in [-0.4, -0.2) is 37.0 Å². The number of imide groups is 2. The van der Waals surface area contributed by atoms with E-state index in [9.17, 15) is 18.8 Å². The van der Waals surface area contributed by atoms with Crippen LogP contribution in [0.5, 0.6) is 11.5 Å². The molecular formula is C20H17FN2O5. The Labute approximate surface area is 160 Å². The number of hydrogen-bond acceptors (Lipinski definition) is 5. The second-order valence-corrected chi connectivity index (χ2v) is 5.94. The molecule has 0 aliphatic carbocycles. The molecule has 28 heavy (non-hydrogen) atoms. The minimum Gasteiger partial charge on any atom is -0.497 e. The molecule has 0 radical (unpaired) electrons. The summed E-state index contributed by atoms with van der Waals surface area (Å²) >= 11 is 0. The lowest BCUT2D eigenvalue weighted by Crippen LogP contribution is -2.53. The molecule has 0 spiro atoms. The third kappa shape index (κ3) is 3.85. The Balaban J connectivity index is 1.95. The number of halogens is 1. The van der Waals surface area contributed by atoms with E-state index >= 15 is 0 Å². The van der Waals surface area contributed by atoms with Crippen LogP contribution in [0, 0.1) is 5.82 Å². The molecule has 1 N–H and O–H groups in total. The van der Waals surface area contributed by atoms with E-state index in [-0.39, 0.29) is 12.1 Å². The topological polar surface area (TPSA) is 84.9 Å². The summed E-state index contributed by atoms with van der Waals surface area (Å²) in [4.78, 5) is 38.1. The second kappa shape index (κ2) is 7.91. The van der Waals surface area contributed by atoms with Gasteiger partial charge in [0.15, 0.2) is 0 Å². The molecule has 144 valence electrons. The van der Waals surface area contributed by atoms with Gasteiger partial charge in [0.05, 0.1) is 20.8 Å². The van der Waals surface area contributed by atoms with E-state index in [4.69, 9.17) is 9.47 Å². The monoisotopic (exact) mass is 384 g/mol. The van der Waals surface area contributed by atoms with Gasteiger partial charge in [-0.05, 0) is 42.0 Å². The summed E-state index contributed by atoms with van der Waals surface area (Å²) in [5.41, 5.74) is 0.752. The average molecular weight is 384 g/mol. The number of hydrogen-bond donors (Lipinski definition) is 1. The first-order chi connectivity index (χ1) is 13.4. The fraction of sp³-hybridized carbons (Fsp3) is 0.150. The average Bonchev–Trinajstić information content (AvgIpc) is 2.69. The predicted octanol–water partition coefficient (Wildman–Crippen LogP) is 2.50. The summed E-state index contributed by atoms with van der Waals surface area (Å²) in [6.07, 6.45) is 1.34. The summed E-state index contributed by atoms with van der Waals surface area (Å²) in [6.45, 7) is -0.106. The van der Waals surface area contributed by atoms with Crippen molar-refractivity contribution in [1.29, 1.82) is 0 Å². The Morgan fingerprint density at radius 1 is 1.04 bits per heavy atom. The highest BCUT2D eigenvalue weighted by Crippen LogP contribution is 2.27. The van der Waals surface area contributed by atoms with Crippen LogP contribution in [0.25, 0.3) is 6.08 Å². The van der Waals surface area contributed by atoms with Gasteiger partial charge in [-0.3, -0.25) is 19.8 Å². The molecule has 1 aliphatic rings. The van der Waals surface area contributed by atoms with Crippen molar-refractivity contribution in [2.45, 2.75) is 6.54 Å². The van der Waals surface area contributed by atoms with Gasteiger partial charge in [0.25, 0.3) is 11.8 Å². The van der Waals surface area contributed by atoms with E-state index in [1.165, 1.54) is 44.6 Å². The quantitative estimate of drug-likeness (QED) is 0.633. The van der Waals surface area contributed by atoms with Crippen molar-refractivity contribution in [2.24, 2.45) is 0 Å². The molecule has 4 amide bonds. The van der Waals surface area contributed by atoms with Gasteiger partial charge in [0, 0.05) is 5.56 Å². The molecule has 0 unspecified atom stereocenters. The van der Waals surface area contributed by atoms with Crippen LogP contribution >= 0.6 is 0 Å². The van der Waals surface area contributed by atoms with E-state index < -0.39 is 23.7 Å². The molecule has 8 heteroatoms. The van der Waals surface area contributed by atoms with Crippen LogP contribution < -0.4 is 14.8 Å². The fourth-order valence-electron chi connectivity index (χ4n) is 2.72. The molecule has 1 aliphatic heterocycles. The first-order valence-corrected chi connectivity index (χ1v) is 8.28. The molecule has 0 saturated carbocycles. The second-order valence-electron chi connectivity index (χ2n) is 5.94. The highest BCUT2D eigenvalue weighted by Gasteiger charge is 2.35. The van der Waals surface area contributed by atoms with Gasteiger partial charge >= 0.3 is 6.03 Å². The number of carbonyl (C=O) groups is 3. The van der Waals surface area contributed by atoms with Crippen molar-refractivity contribution in [3.8, 4) is 11.5 Å². The zero-order valence-corrected chi connectivity index (χ0v) is 15.2. The number of carbonyl (C=O) groups excluding carboxylic acids is 3. The Morgan fingerprint density at radius 2 is 1.75 bits per heavy atom. The minimum absolute atomic E-state index is 0.106. The van der Waals surface area contributed by atoms with Crippen molar-refractivity contribution < 1.29 is 28.2 Å². The molecule has 1 saturated heterocycles. The number of amides is 4. The number of urea groups is 1. The first kappa shape index (κ1) is 19.1. The lowest BCUT2D eigenvalue weighted by Gasteiger charge is -2.26. The van der Waals surface area contributed by atoms with Crippen LogP contribution in [0.4, 0.5) is 9.18 Å². The number of nitrogens with zero attached hydrogens (tertiary/aromatic N) is 1. The molecule has 3 rings (SSSR count). The summed E-state index contributed by atoms with van der Waals surface area (Å²) < 4.78 is 23.5. The number of ether oxygens (including phenoxy) is 2. The van der Waals surface area contributed by atoms with Crippen LogP contribution in [0.1, 0.15) is 11.1 Å². The van der Waals surface area contributed by atoms with Crippen LogP contribution in [0.3, 0.4) is 0 Å². The van der Waals surface area contributed by atoms with Crippen LogP contribution in [-0.2, 0) is 16.1 Å². The standard InChI is InChI=1S/C20H17FN2O5/c1-27-15-7-8-17(28-2)13(9-15)10-16-18(24)22-20(26)23(19(16)25)11-12-3-5-14(21)6-4-12/h3-10H,11H2,1-2H3,(H,22,24,26)/b16-10+. The largest absolute Gasteiger partial charge is 0.497 e. The predicted molar refractivity (Wildman–Crippen MR) is 98.0 cm³/mol. The lowest BCUT2D eigenvalue weighted by molar-refractivity contribution is -0.130. The van der Waals surface area contributed by atoms with E-state index in [1.54, 1.807) is 18.2 Å². The SMILES string of the molecule is COc1ccc(OC)c(/C=C2\C(=O)NC(=O)N(Cc3ccc(F)cc3)C2=O)c1. The summed E-state index contributed by atoms with van der Waals surface area (Å²) in [5, 5.41) is 2.14. The summed E-state index contributed by atoms with van der Waals surface area (Å²) in [6, 6.07) is 9.45.